The van der Waals surface area contributed by atoms with Crippen molar-refractivity contribution in [1.29, 1.82) is 0 Å². The number of carbonyl (C=O) groups excluding carboxylic acids is 1. The molecule has 0 aromatic heterocycles. The van der Waals surface area contributed by atoms with E-state index in [4.69, 9.17) is 5.11 Å². The maximum atomic E-state index is 12.9. The standard InChI is InChI=1S/C9H8F3NO2/c10-6-3-1-5(2-4-6)7(14)9(11,12)8(13)15/h1-4,7,14H,(H2,13,15)/t7-/m0/s1. The van der Waals surface area contributed by atoms with Crippen LogP contribution in [0.5, 0.6) is 0 Å². The molecule has 1 rings (SSSR count). The number of hydrogen-bond acceptors (Lipinski definition) is 2. The van der Waals surface area contributed by atoms with Crippen LogP contribution in [-0.2, 0) is 4.79 Å². The number of alkyl halides is 2. The molecule has 0 aliphatic carbocycles. The van der Waals surface area contributed by atoms with Gasteiger partial charge in [0.2, 0.25) is 0 Å². The fourth-order valence-electron chi connectivity index (χ4n) is 0.989. The lowest BCUT2D eigenvalue weighted by Gasteiger charge is -2.19. The smallest absolute Gasteiger partial charge is 0.353 e. The molecule has 3 nitrogen and oxygen atoms in total. The Hall–Kier alpha value is -1.56. The first-order valence-electron chi connectivity index (χ1n) is 3.97. The van der Waals surface area contributed by atoms with Gasteiger partial charge in [0.15, 0.2) is 6.10 Å². The Balaban J connectivity index is 2.99. The van der Waals surface area contributed by atoms with Gasteiger partial charge in [-0.25, -0.2) is 4.39 Å². The van der Waals surface area contributed by atoms with E-state index in [1.54, 1.807) is 0 Å². The fourth-order valence-corrected chi connectivity index (χ4v) is 0.989. The van der Waals surface area contributed by atoms with E-state index < -0.39 is 23.8 Å². The van der Waals surface area contributed by atoms with Crippen LogP contribution in [0.25, 0.3) is 0 Å². The first kappa shape index (κ1) is 11.5. The van der Waals surface area contributed by atoms with E-state index in [1.165, 1.54) is 0 Å². The zero-order valence-electron chi connectivity index (χ0n) is 7.45. The van der Waals surface area contributed by atoms with Crippen LogP contribution in [0, 0.1) is 5.82 Å². The lowest BCUT2D eigenvalue weighted by Crippen LogP contribution is -2.41. The maximum Gasteiger partial charge on any atom is 0.353 e. The van der Waals surface area contributed by atoms with Crippen LogP contribution in [0.3, 0.4) is 0 Å². The number of aliphatic hydroxyl groups is 1. The Labute approximate surface area is 83.3 Å². The lowest BCUT2D eigenvalue weighted by atomic mass is 10.0. The summed E-state index contributed by atoms with van der Waals surface area (Å²) in [7, 11) is 0. The predicted octanol–water partition coefficient (Wildman–Crippen LogP) is 0.980. The number of aliphatic hydroxyl groups excluding tert-OH is 1. The van der Waals surface area contributed by atoms with Crippen LogP contribution in [0.1, 0.15) is 11.7 Å². The summed E-state index contributed by atoms with van der Waals surface area (Å²) in [6.07, 6.45) is -2.37. The minimum atomic E-state index is -4.07. The van der Waals surface area contributed by atoms with Crippen LogP contribution < -0.4 is 5.73 Å². The summed E-state index contributed by atoms with van der Waals surface area (Å²) in [5.74, 6) is -6.63. The molecule has 0 unspecified atom stereocenters. The van der Waals surface area contributed by atoms with Gasteiger partial charge >= 0.3 is 5.92 Å². The molecule has 0 saturated carbocycles. The topological polar surface area (TPSA) is 63.3 Å². The van der Waals surface area contributed by atoms with E-state index in [9.17, 15) is 18.0 Å². The van der Waals surface area contributed by atoms with E-state index >= 15 is 0 Å². The van der Waals surface area contributed by atoms with Crippen LogP contribution in [0.15, 0.2) is 24.3 Å². The third-order valence-corrected chi connectivity index (χ3v) is 1.86. The van der Waals surface area contributed by atoms with Crippen molar-refractivity contribution < 1.29 is 23.1 Å². The van der Waals surface area contributed by atoms with Gasteiger partial charge in [-0.15, -0.1) is 0 Å². The monoisotopic (exact) mass is 219 g/mol. The van der Waals surface area contributed by atoms with Crippen molar-refractivity contribution >= 4 is 5.91 Å². The number of hydrogen-bond donors (Lipinski definition) is 2. The SMILES string of the molecule is NC(=O)C(F)(F)[C@@H](O)c1ccc(F)cc1. The van der Waals surface area contributed by atoms with E-state index in [0.29, 0.717) is 0 Å². The third-order valence-electron chi connectivity index (χ3n) is 1.86. The number of amides is 1. The lowest BCUT2D eigenvalue weighted by molar-refractivity contribution is -0.160. The number of primary amides is 1. The summed E-state index contributed by atoms with van der Waals surface area (Å²) >= 11 is 0. The molecule has 0 aliphatic heterocycles. The number of halogens is 3. The van der Waals surface area contributed by atoms with Crippen molar-refractivity contribution in [2.75, 3.05) is 0 Å². The number of nitrogens with two attached hydrogens (primary N) is 1. The van der Waals surface area contributed by atoms with Crippen molar-refractivity contribution in [2.45, 2.75) is 12.0 Å². The molecule has 0 radical (unpaired) electrons. The molecule has 6 heteroatoms. The highest BCUT2D eigenvalue weighted by Gasteiger charge is 2.45. The summed E-state index contributed by atoms with van der Waals surface area (Å²) in [6.45, 7) is 0. The van der Waals surface area contributed by atoms with Gasteiger partial charge in [0.1, 0.15) is 5.82 Å². The average molecular weight is 219 g/mol. The minimum absolute atomic E-state index is 0.278. The maximum absolute atomic E-state index is 12.9. The van der Waals surface area contributed by atoms with Gasteiger partial charge in [-0.3, -0.25) is 4.79 Å². The Morgan fingerprint density at radius 1 is 1.33 bits per heavy atom. The minimum Gasteiger partial charge on any atom is -0.381 e. The Bertz CT molecular complexity index is 364. The first-order chi connectivity index (χ1) is 6.85. The molecule has 1 aromatic rings. The number of benzene rings is 1. The second-order valence-corrected chi connectivity index (χ2v) is 2.94. The van der Waals surface area contributed by atoms with Crippen LogP contribution in [0.4, 0.5) is 13.2 Å². The Morgan fingerprint density at radius 2 is 1.80 bits per heavy atom. The highest BCUT2D eigenvalue weighted by molar-refractivity contribution is 5.82. The molecule has 15 heavy (non-hydrogen) atoms. The van der Waals surface area contributed by atoms with Gasteiger partial charge in [0, 0.05) is 0 Å². The predicted molar refractivity (Wildman–Crippen MR) is 45.5 cm³/mol. The summed E-state index contributed by atoms with van der Waals surface area (Å²) in [6, 6.07) is 3.71. The molecule has 1 atom stereocenters. The Morgan fingerprint density at radius 3 is 2.20 bits per heavy atom. The van der Waals surface area contributed by atoms with E-state index in [0.717, 1.165) is 24.3 Å². The summed E-state index contributed by atoms with van der Waals surface area (Å²) < 4.78 is 38.3. The second kappa shape index (κ2) is 3.90. The van der Waals surface area contributed by atoms with Crippen molar-refractivity contribution in [2.24, 2.45) is 5.73 Å². The molecule has 0 saturated heterocycles. The zero-order chi connectivity index (χ0) is 11.6. The molecular formula is C9H8F3NO2. The third kappa shape index (κ3) is 2.27. The van der Waals surface area contributed by atoms with Crippen LogP contribution >= 0.6 is 0 Å². The number of rotatable bonds is 3. The van der Waals surface area contributed by atoms with Gasteiger partial charge in [-0.2, -0.15) is 8.78 Å². The van der Waals surface area contributed by atoms with Crippen molar-refractivity contribution in [3.63, 3.8) is 0 Å². The van der Waals surface area contributed by atoms with Gasteiger partial charge in [-0.05, 0) is 17.7 Å². The normalized spacial score (nSPS) is 13.6. The van der Waals surface area contributed by atoms with E-state index in [1.807, 2.05) is 0 Å². The molecule has 1 aromatic carbocycles. The molecular weight excluding hydrogens is 211 g/mol. The quantitative estimate of drug-likeness (QED) is 0.795. The van der Waals surface area contributed by atoms with Crippen molar-refractivity contribution in [3.05, 3.63) is 35.6 Å². The second-order valence-electron chi connectivity index (χ2n) is 2.94. The summed E-state index contributed by atoms with van der Waals surface area (Å²) in [5.41, 5.74) is 4.14. The van der Waals surface area contributed by atoms with Crippen LogP contribution in [0.2, 0.25) is 0 Å². The van der Waals surface area contributed by atoms with Gasteiger partial charge in [0.25, 0.3) is 5.91 Å². The van der Waals surface area contributed by atoms with Crippen molar-refractivity contribution in [1.82, 2.24) is 0 Å². The molecule has 0 fully saturated rings. The molecule has 0 spiro atoms. The van der Waals surface area contributed by atoms with Gasteiger partial charge in [0.05, 0.1) is 0 Å². The molecule has 0 bridgehead atoms. The van der Waals surface area contributed by atoms with Crippen LogP contribution in [-0.4, -0.2) is 16.9 Å². The highest BCUT2D eigenvalue weighted by Crippen LogP contribution is 2.30. The van der Waals surface area contributed by atoms with Crippen molar-refractivity contribution in [3.8, 4) is 0 Å². The molecule has 82 valence electrons. The largest absolute Gasteiger partial charge is 0.381 e. The molecule has 0 heterocycles. The molecule has 0 aliphatic rings. The summed E-state index contributed by atoms with van der Waals surface area (Å²) in [5, 5.41) is 9.14. The highest BCUT2D eigenvalue weighted by atomic mass is 19.3. The molecule has 3 N–H and O–H groups in total. The fraction of sp³-hybridized carbons (Fsp3) is 0.222. The van der Waals surface area contributed by atoms with E-state index in [-0.39, 0.29) is 5.56 Å². The Kier molecular flexibility index (Phi) is 2.99. The zero-order valence-corrected chi connectivity index (χ0v) is 7.45. The van der Waals surface area contributed by atoms with Gasteiger partial charge < -0.3 is 10.8 Å². The first-order valence-corrected chi connectivity index (χ1v) is 3.97. The number of carbonyl (C=O) groups is 1. The summed E-state index contributed by atoms with van der Waals surface area (Å²) in [4.78, 5) is 10.3. The average Bonchev–Trinajstić information content (AvgIpc) is 2.17. The van der Waals surface area contributed by atoms with Gasteiger partial charge in [-0.1, -0.05) is 12.1 Å². The molecule has 1 amide bonds. The van der Waals surface area contributed by atoms with E-state index in [2.05, 4.69) is 5.73 Å².